The van der Waals surface area contributed by atoms with Gasteiger partial charge in [-0.15, -0.1) is 55.1 Å². The second-order valence-electron chi connectivity index (χ2n) is 3.00. The summed E-state index contributed by atoms with van der Waals surface area (Å²) < 4.78 is 0. The molecule has 1 aliphatic rings. The van der Waals surface area contributed by atoms with Crippen LogP contribution in [0, 0.1) is 49.4 Å². The fourth-order valence-electron chi connectivity index (χ4n) is 1.27. The van der Waals surface area contributed by atoms with E-state index in [0.29, 0.717) is 0 Å². The zero-order chi connectivity index (χ0) is 9.64. The van der Waals surface area contributed by atoms with Crippen LogP contribution in [0.4, 0.5) is 0 Å². The van der Waals surface area contributed by atoms with Gasteiger partial charge in [0, 0.05) is 26.2 Å². The van der Waals surface area contributed by atoms with Crippen LogP contribution in [-0.4, -0.2) is 4.98 Å². The van der Waals surface area contributed by atoms with Gasteiger partial charge in [0.2, 0.25) is 0 Å². The van der Waals surface area contributed by atoms with Crippen LogP contribution in [0.5, 0.6) is 0 Å². The number of hydrogen-bond donors (Lipinski definition) is 1. The van der Waals surface area contributed by atoms with Gasteiger partial charge in [-0.3, -0.25) is 6.08 Å². The molecular formula is C18H28Cl2NZr-7. The smallest absolute Gasteiger partial charge is 0 e. The van der Waals surface area contributed by atoms with Crippen molar-refractivity contribution in [1.29, 1.82) is 0 Å². The monoisotopic (exact) mass is 418 g/mol. The average molecular weight is 421 g/mol. The summed E-state index contributed by atoms with van der Waals surface area (Å²) in [5.74, 6) is 0. The van der Waals surface area contributed by atoms with Crippen LogP contribution in [0.1, 0.15) is 6.42 Å². The molecule has 130 valence electrons. The predicted molar refractivity (Wildman–Crippen MR) is 105 cm³/mol. The predicted octanol–water partition coefficient (Wildman–Crippen LogP) is 6.37. The van der Waals surface area contributed by atoms with E-state index in [1.54, 1.807) is 0 Å². The van der Waals surface area contributed by atoms with Crippen molar-refractivity contribution in [2.45, 2.75) is 6.42 Å². The molecule has 1 nitrogen and oxygen atoms in total. The number of fused-ring (bicyclic) bond motifs is 1. The fourth-order valence-corrected chi connectivity index (χ4v) is 1.27. The Bertz CT molecular complexity index is 425. The van der Waals surface area contributed by atoms with E-state index in [1.807, 2.05) is 36.4 Å². The summed E-state index contributed by atoms with van der Waals surface area (Å²) in [4.78, 5) is 2.99. The molecule has 2 aromatic rings. The summed E-state index contributed by atoms with van der Waals surface area (Å²) in [7, 11) is 0. The van der Waals surface area contributed by atoms with Crippen LogP contribution >= 0.6 is 24.8 Å². The summed E-state index contributed by atoms with van der Waals surface area (Å²) >= 11 is 0. The van der Waals surface area contributed by atoms with Gasteiger partial charge in [0.25, 0.3) is 0 Å². The Morgan fingerprint density at radius 1 is 0.909 bits per heavy atom. The number of rotatable bonds is 0. The van der Waals surface area contributed by atoms with Crippen LogP contribution in [0.3, 0.4) is 0 Å². The largest absolute Gasteiger partial charge is 0.477 e. The standard InChI is InChI=1S/C8H6N.C5H5.5CH3.2ClH.Zr/c1-2-4-8-7(3-1)5-6-9-8;1-2-4-5-3-1;;;;;;;;/h1-5,9H;1-3H,4H2;5*1H3;2*1H;/q7*-1;;;. The van der Waals surface area contributed by atoms with Crippen molar-refractivity contribution in [2.75, 3.05) is 0 Å². The van der Waals surface area contributed by atoms with Crippen LogP contribution < -0.4 is 0 Å². The molecule has 3 rings (SSSR count). The number of para-hydroxylation sites is 1. The van der Waals surface area contributed by atoms with Crippen LogP contribution in [-0.2, 0) is 26.2 Å². The van der Waals surface area contributed by atoms with Crippen molar-refractivity contribution >= 4 is 35.7 Å². The van der Waals surface area contributed by atoms with E-state index in [0.717, 1.165) is 11.9 Å². The second kappa shape index (κ2) is 25.6. The number of allylic oxidation sites excluding steroid dienone is 4. The van der Waals surface area contributed by atoms with Crippen molar-refractivity contribution in [3.05, 3.63) is 98.0 Å². The second-order valence-corrected chi connectivity index (χ2v) is 3.00. The molecule has 0 saturated carbocycles. The fraction of sp³-hybridized carbons (Fsp3) is 0.0556. The summed E-state index contributed by atoms with van der Waals surface area (Å²) in [6, 6.07) is 10.1. The molecule has 0 amide bonds. The maximum atomic E-state index is 2.99. The Morgan fingerprint density at radius 3 is 1.91 bits per heavy atom. The molecule has 4 heteroatoms. The van der Waals surface area contributed by atoms with Crippen molar-refractivity contribution in [1.82, 2.24) is 4.98 Å². The van der Waals surface area contributed by atoms with E-state index >= 15 is 0 Å². The van der Waals surface area contributed by atoms with E-state index in [2.05, 4.69) is 29.4 Å². The molecule has 0 bridgehead atoms. The van der Waals surface area contributed by atoms with Crippen molar-refractivity contribution < 1.29 is 26.2 Å². The number of aromatic nitrogens is 1. The minimum atomic E-state index is 0. The molecule has 0 unspecified atom stereocenters. The topological polar surface area (TPSA) is 15.8 Å². The van der Waals surface area contributed by atoms with Crippen LogP contribution in [0.15, 0.2) is 48.6 Å². The van der Waals surface area contributed by atoms with Gasteiger partial charge in [-0.1, -0.05) is 12.1 Å². The molecule has 1 aromatic heterocycles. The Labute approximate surface area is 170 Å². The molecule has 0 aliphatic heterocycles. The summed E-state index contributed by atoms with van der Waals surface area (Å²) in [5, 5.41) is 1.22. The number of nitrogens with one attached hydrogen (secondary N) is 1. The van der Waals surface area contributed by atoms with Gasteiger partial charge in [0.15, 0.2) is 0 Å². The summed E-state index contributed by atoms with van der Waals surface area (Å²) in [5.41, 5.74) is 1.15. The van der Waals surface area contributed by atoms with Gasteiger partial charge in [-0.05, 0) is 0 Å². The molecule has 0 atom stereocenters. The molecule has 0 fully saturated rings. The average Bonchev–Trinajstić information content (AvgIpc) is 2.92. The Hall–Kier alpha value is -0.297. The molecule has 0 radical (unpaired) electrons. The molecule has 1 aliphatic carbocycles. The third kappa shape index (κ3) is 14.6. The van der Waals surface area contributed by atoms with Crippen molar-refractivity contribution in [3.63, 3.8) is 0 Å². The third-order valence-corrected chi connectivity index (χ3v) is 1.98. The first kappa shape index (κ1) is 43.0. The SMILES string of the molecule is Cl.Cl.[C-]1=CC=CC1.[CH3-].[CH3-].[CH3-].[CH3-].[CH3-].[Zr].[c-]1cc2ccccc2[nH]1. The number of benzene rings is 1. The van der Waals surface area contributed by atoms with E-state index < -0.39 is 0 Å². The van der Waals surface area contributed by atoms with Gasteiger partial charge in [-0.25, -0.2) is 12.2 Å². The molecule has 1 heterocycles. The van der Waals surface area contributed by atoms with Gasteiger partial charge < -0.3 is 42.1 Å². The summed E-state index contributed by atoms with van der Waals surface area (Å²) in [6.45, 7) is 0. The number of aromatic amines is 1. The van der Waals surface area contributed by atoms with Gasteiger partial charge in [-0.2, -0.15) is 17.5 Å². The van der Waals surface area contributed by atoms with Gasteiger partial charge >= 0.3 is 0 Å². The first-order valence-electron chi connectivity index (χ1n) is 4.62. The Kier molecular flexibility index (Phi) is 50.2. The maximum Gasteiger partial charge on any atom is 0 e. The Morgan fingerprint density at radius 2 is 1.50 bits per heavy atom. The first-order chi connectivity index (χ1) is 6.97. The third-order valence-electron chi connectivity index (χ3n) is 1.98. The van der Waals surface area contributed by atoms with Crippen LogP contribution in [0.2, 0.25) is 0 Å². The molecule has 1 aromatic carbocycles. The molecule has 0 saturated heterocycles. The van der Waals surface area contributed by atoms with Crippen LogP contribution in [0.25, 0.3) is 10.9 Å². The molecular weight excluding hydrogens is 392 g/mol. The number of hydrogen-bond acceptors (Lipinski definition) is 0. The molecule has 0 spiro atoms. The maximum absolute atomic E-state index is 2.99. The molecule has 1 N–H and O–H groups in total. The van der Waals surface area contributed by atoms with E-state index in [9.17, 15) is 0 Å². The van der Waals surface area contributed by atoms with Crippen molar-refractivity contribution in [2.24, 2.45) is 0 Å². The zero-order valence-electron chi connectivity index (χ0n) is 14.1. The van der Waals surface area contributed by atoms with Crippen molar-refractivity contribution in [3.8, 4) is 0 Å². The van der Waals surface area contributed by atoms with E-state index in [1.165, 1.54) is 5.39 Å². The minimum absolute atomic E-state index is 0. The van der Waals surface area contributed by atoms with Gasteiger partial charge in [0.05, 0.1) is 0 Å². The zero-order valence-corrected chi connectivity index (χ0v) is 18.2. The number of H-pyrrole nitrogens is 1. The van der Waals surface area contributed by atoms with Gasteiger partial charge in [0.1, 0.15) is 0 Å². The molecule has 22 heavy (non-hydrogen) atoms. The Balaban J connectivity index is -0.0000000319. The normalized spacial score (nSPS) is 8.18. The first-order valence-corrected chi connectivity index (χ1v) is 4.62. The minimum Gasteiger partial charge on any atom is -0.477 e. The van der Waals surface area contributed by atoms with E-state index in [4.69, 9.17) is 0 Å². The summed E-state index contributed by atoms with van der Waals surface area (Å²) in [6.07, 6.45) is 12.9. The van der Waals surface area contributed by atoms with E-state index in [-0.39, 0.29) is 88.2 Å². The quantitative estimate of drug-likeness (QED) is 0.477. The number of halogens is 2.